The lowest BCUT2D eigenvalue weighted by Gasteiger charge is -2.39. The Morgan fingerprint density at radius 2 is 1.96 bits per heavy atom. The van der Waals surface area contributed by atoms with Crippen LogP contribution in [0.5, 0.6) is 0 Å². The summed E-state index contributed by atoms with van der Waals surface area (Å²) in [7, 11) is -10.4. The Hall–Kier alpha value is -0.440. The Balaban J connectivity index is 2.62. The van der Waals surface area contributed by atoms with E-state index in [1.807, 2.05) is 0 Å². The first-order valence-corrected chi connectivity index (χ1v) is 10.6. The molecule has 0 aromatic carbocycles. The highest BCUT2D eigenvalue weighted by molar-refractivity contribution is 8.04. The number of ketones is 1. The van der Waals surface area contributed by atoms with Gasteiger partial charge < -0.3 is 4.55 Å². The summed E-state index contributed by atoms with van der Waals surface area (Å²) < 4.78 is 79.7. The molecule has 0 spiro atoms. The Morgan fingerprint density at radius 3 is 2.30 bits per heavy atom. The molecule has 0 aromatic heterocycles. The van der Waals surface area contributed by atoms with Gasteiger partial charge in [0.2, 0.25) is 4.58 Å². The zero-order valence-corrected chi connectivity index (χ0v) is 14.7. The van der Waals surface area contributed by atoms with Gasteiger partial charge in [-0.25, -0.2) is 0 Å². The summed E-state index contributed by atoms with van der Waals surface area (Å²) in [6.45, 7) is 3.12. The van der Waals surface area contributed by atoms with E-state index in [2.05, 4.69) is 4.28 Å². The van der Waals surface area contributed by atoms with Gasteiger partial charge in [-0.15, -0.1) is 4.89 Å². The summed E-state index contributed by atoms with van der Waals surface area (Å²) in [6.07, 6.45) is 0.355. The predicted octanol–water partition coefficient (Wildman–Crippen LogP) is -0.759. The molecule has 2 aliphatic rings. The Morgan fingerprint density at radius 1 is 1.39 bits per heavy atom. The van der Waals surface area contributed by atoms with Crippen LogP contribution >= 0.6 is 0 Å². The maximum atomic E-state index is 12.4. The van der Waals surface area contributed by atoms with Crippen LogP contribution in [0.2, 0.25) is 0 Å². The summed E-state index contributed by atoms with van der Waals surface area (Å²) >= 11 is -3.15. The molecule has 13 heteroatoms. The quantitative estimate of drug-likeness (QED) is 0.336. The molecule has 2 bridgehead atoms. The third kappa shape index (κ3) is 2.77. The molecule has 0 aliphatic heterocycles. The van der Waals surface area contributed by atoms with Gasteiger partial charge in [0, 0.05) is 17.7 Å². The molecule has 4 atom stereocenters. The fourth-order valence-electron chi connectivity index (χ4n) is 4.03. The second-order valence-electron chi connectivity index (χ2n) is 6.30. The maximum Gasteiger partial charge on any atom is 0.305 e. The van der Waals surface area contributed by atoms with Gasteiger partial charge in [0.25, 0.3) is 10.1 Å². The van der Waals surface area contributed by atoms with E-state index in [0.717, 1.165) is 4.89 Å². The number of carbonyl (C=O) groups excluding carboxylic acids is 1. The highest BCUT2D eigenvalue weighted by Crippen LogP contribution is 2.67. The molecule has 2 rings (SSSR count). The highest BCUT2D eigenvalue weighted by Gasteiger charge is 2.73. The second kappa shape index (κ2) is 5.54. The number of rotatable bonds is 6. The first-order valence-electron chi connectivity index (χ1n) is 6.53. The number of fused-ring (bicyclic) bond motifs is 2. The molecular formula is C10H16NO9S3-. The zero-order valence-electron chi connectivity index (χ0n) is 12.2. The van der Waals surface area contributed by atoms with E-state index < -0.39 is 52.7 Å². The van der Waals surface area contributed by atoms with Crippen molar-refractivity contribution in [3.05, 3.63) is 0 Å². The van der Waals surface area contributed by atoms with Crippen LogP contribution in [0.1, 0.15) is 33.1 Å². The van der Waals surface area contributed by atoms with Crippen molar-refractivity contribution in [3.8, 4) is 0 Å². The fourth-order valence-corrected chi connectivity index (χ4v) is 8.14. The largest absolute Gasteiger partial charge is 0.758 e. The van der Waals surface area contributed by atoms with Gasteiger partial charge in [-0.05, 0) is 24.2 Å². The number of hydrogen-bond donors (Lipinski definition) is 2. The van der Waals surface area contributed by atoms with Crippen LogP contribution in [0.4, 0.5) is 0 Å². The lowest BCUT2D eigenvalue weighted by molar-refractivity contribution is -0.128. The minimum Gasteiger partial charge on any atom is -0.758 e. The summed E-state index contributed by atoms with van der Waals surface area (Å²) in [5.41, 5.74) is -2.91. The highest BCUT2D eigenvalue weighted by atomic mass is 32.3. The second-order valence-corrected chi connectivity index (χ2v) is 10.4. The molecule has 2 fully saturated rings. The van der Waals surface area contributed by atoms with E-state index >= 15 is 0 Å². The van der Waals surface area contributed by atoms with Crippen molar-refractivity contribution < 1.29 is 39.2 Å². The lowest BCUT2D eigenvalue weighted by Crippen LogP contribution is -2.54. The molecule has 23 heavy (non-hydrogen) atoms. The van der Waals surface area contributed by atoms with Gasteiger partial charge in [0.1, 0.15) is 5.78 Å². The van der Waals surface area contributed by atoms with E-state index in [0.29, 0.717) is 6.42 Å². The van der Waals surface area contributed by atoms with Crippen molar-refractivity contribution in [2.75, 3.05) is 0 Å². The molecule has 0 saturated heterocycles. The molecule has 0 radical (unpaired) electrons. The van der Waals surface area contributed by atoms with Gasteiger partial charge in [0.15, 0.2) is 0 Å². The van der Waals surface area contributed by atoms with E-state index in [4.69, 9.17) is 0 Å². The van der Waals surface area contributed by atoms with Gasteiger partial charge in [-0.2, -0.15) is 21.1 Å². The van der Waals surface area contributed by atoms with Crippen LogP contribution in [-0.4, -0.2) is 40.5 Å². The van der Waals surface area contributed by atoms with Gasteiger partial charge in [-0.3, -0.25) is 13.6 Å². The summed E-state index contributed by atoms with van der Waals surface area (Å²) in [6, 6.07) is 0. The van der Waals surface area contributed by atoms with Crippen molar-refractivity contribution in [1.29, 1.82) is 0 Å². The first kappa shape index (κ1) is 18.9. The summed E-state index contributed by atoms with van der Waals surface area (Å²) in [5.74, 6) is -0.826. The van der Waals surface area contributed by atoms with Crippen LogP contribution in [0.25, 0.3) is 0 Å². The van der Waals surface area contributed by atoms with Gasteiger partial charge in [-0.1, -0.05) is 13.8 Å². The van der Waals surface area contributed by atoms with Crippen LogP contribution in [0.15, 0.2) is 0 Å². The SMILES string of the molecule is CC1(C)C2CCC1(C(S(=O)(=O)O)S(=O)(=O)ONS(=O)[O-])C(=O)C2. The molecular weight excluding hydrogens is 374 g/mol. The average molecular weight is 390 g/mol. The standard InChI is InChI=1S/C10H17NO9S3/c1-9(2)6-3-4-10(9,7(12)5-6)8(22(15,16)17)23(18,19)20-11-21(13)14/h6,8,11H,3-5H2,1-2H3,(H,13,14)(H,15,16,17)/p-1. The topological polar surface area (TPSA) is 167 Å². The molecule has 0 amide bonds. The number of hydrogen-bond acceptors (Lipinski definition) is 8. The predicted molar refractivity (Wildman–Crippen MR) is 76.0 cm³/mol. The Bertz CT molecular complexity index is 756. The van der Waals surface area contributed by atoms with Crippen molar-refractivity contribution in [2.45, 2.75) is 37.7 Å². The minimum absolute atomic E-state index is 0.00451. The Kier molecular flexibility index (Phi) is 4.55. The summed E-state index contributed by atoms with van der Waals surface area (Å²) in [5, 5.41) is 0. The van der Waals surface area contributed by atoms with Crippen molar-refractivity contribution >= 4 is 37.3 Å². The fraction of sp³-hybridized carbons (Fsp3) is 0.900. The minimum atomic E-state index is -5.28. The van der Waals surface area contributed by atoms with Gasteiger partial charge in [0.05, 0.1) is 5.41 Å². The van der Waals surface area contributed by atoms with Crippen molar-refractivity contribution in [2.24, 2.45) is 16.7 Å². The maximum absolute atomic E-state index is 12.4. The molecule has 0 heterocycles. The normalized spacial score (nSPS) is 32.9. The van der Waals surface area contributed by atoms with E-state index in [1.165, 1.54) is 0 Å². The third-order valence-electron chi connectivity index (χ3n) is 5.14. The molecule has 134 valence electrons. The third-order valence-corrected chi connectivity index (χ3v) is 9.09. The van der Waals surface area contributed by atoms with Crippen molar-refractivity contribution in [1.82, 2.24) is 4.89 Å². The number of carbonyl (C=O) groups is 1. The number of nitrogens with one attached hydrogen (secondary N) is 1. The van der Waals surface area contributed by atoms with Gasteiger partial charge >= 0.3 is 10.1 Å². The molecule has 2 saturated carbocycles. The Labute approximate surface area is 136 Å². The van der Waals surface area contributed by atoms with E-state index in [9.17, 15) is 34.9 Å². The number of Topliss-reactive ketones (excluding diaryl/α,β-unsaturated/α-hetero) is 1. The van der Waals surface area contributed by atoms with Crippen molar-refractivity contribution in [3.63, 3.8) is 0 Å². The van der Waals surface area contributed by atoms with Crippen LogP contribution < -0.4 is 4.89 Å². The molecule has 4 unspecified atom stereocenters. The van der Waals surface area contributed by atoms with E-state index in [1.54, 1.807) is 13.8 Å². The molecule has 2 N–H and O–H groups in total. The average Bonchev–Trinajstić information content (AvgIpc) is 2.69. The monoisotopic (exact) mass is 390 g/mol. The molecule has 0 aromatic rings. The van der Waals surface area contributed by atoms with E-state index in [-0.39, 0.29) is 18.8 Å². The molecule has 10 nitrogen and oxygen atoms in total. The summed E-state index contributed by atoms with van der Waals surface area (Å²) in [4.78, 5) is 13.5. The van der Waals surface area contributed by atoms with Crippen LogP contribution in [-0.2, 0) is 40.6 Å². The zero-order chi connectivity index (χ0) is 17.8. The molecule has 2 aliphatic carbocycles. The first-order chi connectivity index (χ1) is 10.3. The lowest BCUT2D eigenvalue weighted by atomic mass is 9.70. The van der Waals surface area contributed by atoms with Crippen LogP contribution in [0.3, 0.4) is 0 Å². The smallest absolute Gasteiger partial charge is 0.305 e. The van der Waals surface area contributed by atoms with Crippen LogP contribution in [0, 0.1) is 16.7 Å².